The second kappa shape index (κ2) is 9.53. The zero-order valence-electron chi connectivity index (χ0n) is 13.7. The Bertz CT molecular complexity index is 748. The molecule has 7 heteroatoms. The summed E-state index contributed by atoms with van der Waals surface area (Å²) in [6.45, 7) is 3.61. The van der Waals surface area contributed by atoms with E-state index >= 15 is 0 Å². The fourth-order valence-electron chi connectivity index (χ4n) is 2.22. The minimum absolute atomic E-state index is 0.234. The lowest BCUT2D eigenvalue weighted by atomic mass is 10.2. The third kappa shape index (κ3) is 6.84. The lowest BCUT2D eigenvalue weighted by molar-refractivity contribution is -0.608. The molecule has 0 aliphatic carbocycles. The molecule has 0 unspecified atom stereocenters. The van der Waals surface area contributed by atoms with E-state index in [0.717, 1.165) is 24.2 Å². The molecular formula is C18H20Cl2N3O2+. The second-order valence-corrected chi connectivity index (χ2v) is 6.55. The third-order valence-corrected chi connectivity index (χ3v) is 4.01. The Kier molecular flexibility index (Phi) is 7.40. The van der Waals surface area contributed by atoms with Crippen LogP contribution in [-0.4, -0.2) is 28.6 Å². The first-order chi connectivity index (χ1) is 11.9. The van der Waals surface area contributed by atoms with Crippen LogP contribution in [0.4, 0.5) is 5.82 Å². The lowest BCUT2D eigenvalue weighted by Crippen LogP contribution is -2.86. The number of nitrogens with one attached hydrogen (secondary N) is 1. The molecule has 25 heavy (non-hydrogen) atoms. The number of aromatic nitrogens is 1. The van der Waals surface area contributed by atoms with Gasteiger partial charge in [0.25, 0.3) is 0 Å². The summed E-state index contributed by atoms with van der Waals surface area (Å²) in [7, 11) is 0. The number of nitrogens with two attached hydrogens (primary N) is 1. The first-order valence-electron chi connectivity index (χ1n) is 7.80. The van der Waals surface area contributed by atoms with Crippen molar-refractivity contribution < 1.29 is 15.2 Å². The zero-order valence-corrected chi connectivity index (χ0v) is 15.3. The molecule has 2 rings (SSSR count). The first-order valence-corrected chi connectivity index (χ1v) is 8.56. The summed E-state index contributed by atoms with van der Waals surface area (Å²) in [6, 6.07) is 9.67. The van der Waals surface area contributed by atoms with Crippen LogP contribution in [0.25, 0.3) is 6.08 Å². The van der Waals surface area contributed by atoms with Gasteiger partial charge < -0.3 is 10.4 Å². The van der Waals surface area contributed by atoms with Gasteiger partial charge in [-0.15, -0.1) is 0 Å². The summed E-state index contributed by atoms with van der Waals surface area (Å²) in [5.41, 5.74) is 1.82. The summed E-state index contributed by atoms with van der Waals surface area (Å²) in [6.07, 6.45) is 4.12. The van der Waals surface area contributed by atoms with Gasteiger partial charge in [0, 0.05) is 30.4 Å². The predicted octanol–water partition coefficient (Wildman–Crippen LogP) is 2.86. The number of carbonyl (C=O) groups is 1. The molecule has 1 aromatic heterocycles. The third-order valence-electron chi connectivity index (χ3n) is 3.46. The van der Waals surface area contributed by atoms with Gasteiger partial charge >= 0.3 is 5.97 Å². The molecule has 0 bridgehead atoms. The Morgan fingerprint density at radius 2 is 2.08 bits per heavy atom. The predicted molar refractivity (Wildman–Crippen MR) is 100 cm³/mol. The largest absolute Gasteiger partial charge is 0.478 e. The molecule has 0 saturated heterocycles. The number of pyridine rings is 1. The van der Waals surface area contributed by atoms with E-state index < -0.39 is 5.97 Å². The molecule has 0 radical (unpaired) electrons. The van der Waals surface area contributed by atoms with Crippen LogP contribution in [0, 0.1) is 0 Å². The van der Waals surface area contributed by atoms with Crippen molar-refractivity contribution in [3.05, 3.63) is 63.8 Å². The first kappa shape index (κ1) is 19.4. The van der Waals surface area contributed by atoms with E-state index in [1.807, 2.05) is 29.6 Å². The molecule has 0 saturated carbocycles. The Balaban J connectivity index is 1.84. The summed E-state index contributed by atoms with van der Waals surface area (Å²) in [5.74, 6) is -0.318. The zero-order chi connectivity index (χ0) is 18.2. The number of rotatable bonds is 8. The van der Waals surface area contributed by atoms with E-state index in [-0.39, 0.29) is 6.04 Å². The standard InChI is InChI=1S/C18H19Cl2N3O2/c1-12(9-21-10-13-2-5-15(19)6-3-13)23-18-16(20)8-14(11-22-18)4-7-17(24)25/h2-8,11-12,21H,9-10H2,1H3,(H,22,23)(H,24,25)/p+1/b7-4+/t12-/m1/s1. The average Bonchev–Trinajstić information content (AvgIpc) is 2.57. The van der Waals surface area contributed by atoms with Gasteiger partial charge in [-0.3, -0.25) is 5.32 Å². The Labute approximate surface area is 156 Å². The van der Waals surface area contributed by atoms with Crippen molar-refractivity contribution in [2.45, 2.75) is 19.5 Å². The van der Waals surface area contributed by atoms with E-state index in [9.17, 15) is 4.79 Å². The van der Waals surface area contributed by atoms with E-state index in [2.05, 4.69) is 17.2 Å². The molecule has 1 atom stereocenters. The van der Waals surface area contributed by atoms with Gasteiger partial charge in [0.1, 0.15) is 11.1 Å². The second-order valence-electron chi connectivity index (χ2n) is 5.71. The number of aliphatic carboxylic acids is 1. The minimum Gasteiger partial charge on any atom is -0.478 e. The topological polar surface area (TPSA) is 78.8 Å². The molecule has 0 fully saturated rings. The highest BCUT2D eigenvalue weighted by atomic mass is 35.5. The summed E-state index contributed by atoms with van der Waals surface area (Å²) in [5, 5.41) is 15.2. The molecule has 2 aromatic rings. The Morgan fingerprint density at radius 3 is 2.72 bits per heavy atom. The number of quaternary nitrogens is 1. The molecule has 4 N–H and O–H groups in total. The van der Waals surface area contributed by atoms with Crippen molar-refractivity contribution >= 4 is 41.1 Å². The van der Waals surface area contributed by atoms with Gasteiger partial charge in [-0.1, -0.05) is 35.3 Å². The number of carboxylic acid groups (broad SMARTS) is 1. The molecule has 0 aliphatic heterocycles. The van der Waals surface area contributed by atoms with Crippen molar-refractivity contribution in [2.24, 2.45) is 0 Å². The van der Waals surface area contributed by atoms with Crippen LogP contribution in [0.5, 0.6) is 0 Å². The maximum absolute atomic E-state index is 10.5. The molecule has 1 heterocycles. The van der Waals surface area contributed by atoms with Crippen molar-refractivity contribution in [1.82, 2.24) is 10.3 Å². The van der Waals surface area contributed by atoms with Crippen molar-refractivity contribution in [1.29, 1.82) is 0 Å². The number of hydrogen-bond donors (Lipinski definition) is 3. The van der Waals surface area contributed by atoms with Gasteiger partial charge in [-0.25, -0.2) is 9.78 Å². The summed E-state index contributed by atoms with van der Waals surface area (Å²) in [4.78, 5) is 14.8. The van der Waals surface area contributed by atoms with Crippen LogP contribution in [-0.2, 0) is 11.3 Å². The van der Waals surface area contributed by atoms with E-state index in [0.29, 0.717) is 16.4 Å². The van der Waals surface area contributed by atoms with E-state index in [1.54, 1.807) is 12.3 Å². The van der Waals surface area contributed by atoms with Gasteiger partial charge in [0.2, 0.25) is 5.82 Å². The average molecular weight is 381 g/mol. The monoisotopic (exact) mass is 380 g/mol. The summed E-state index contributed by atoms with van der Waals surface area (Å²) >= 11 is 12.1. The molecule has 0 aliphatic rings. The lowest BCUT2D eigenvalue weighted by Gasteiger charge is -2.12. The highest BCUT2D eigenvalue weighted by Gasteiger charge is 2.12. The van der Waals surface area contributed by atoms with E-state index in [4.69, 9.17) is 28.3 Å². The fraction of sp³-hybridized carbons (Fsp3) is 0.222. The minimum atomic E-state index is -1.01. The Morgan fingerprint density at radius 1 is 1.36 bits per heavy atom. The number of hydrogen-bond acceptors (Lipinski definition) is 3. The quantitative estimate of drug-likeness (QED) is 0.615. The van der Waals surface area contributed by atoms with Gasteiger partial charge in [0.15, 0.2) is 0 Å². The Hall–Kier alpha value is -1.92. The number of carboxylic acids is 1. The van der Waals surface area contributed by atoms with Crippen LogP contribution in [0.1, 0.15) is 18.1 Å². The number of halogens is 2. The summed E-state index contributed by atoms with van der Waals surface area (Å²) < 4.78 is 0. The molecule has 1 aromatic carbocycles. The molecule has 132 valence electrons. The van der Waals surface area contributed by atoms with Crippen LogP contribution < -0.4 is 10.6 Å². The normalized spacial score (nSPS) is 12.4. The van der Waals surface area contributed by atoms with Gasteiger partial charge in [-0.2, -0.15) is 0 Å². The molecule has 5 nitrogen and oxygen atoms in total. The number of benzene rings is 1. The van der Waals surface area contributed by atoms with E-state index in [1.165, 1.54) is 11.6 Å². The van der Waals surface area contributed by atoms with Crippen LogP contribution in [0.2, 0.25) is 10.0 Å². The van der Waals surface area contributed by atoms with Crippen molar-refractivity contribution in [3.8, 4) is 0 Å². The maximum atomic E-state index is 10.5. The van der Waals surface area contributed by atoms with Crippen molar-refractivity contribution in [3.63, 3.8) is 0 Å². The molecule has 0 spiro atoms. The van der Waals surface area contributed by atoms with Crippen LogP contribution in [0.3, 0.4) is 0 Å². The highest BCUT2D eigenvalue weighted by Crippen LogP contribution is 2.17. The van der Waals surface area contributed by atoms with Crippen molar-refractivity contribution in [2.75, 3.05) is 6.54 Å². The molecular weight excluding hydrogens is 361 g/mol. The molecule has 0 amide bonds. The fourth-order valence-corrected chi connectivity index (χ4v) is 2.58. The smallest absolute Gasteiger partial charge is 0.328 e. The van der Waals surface area contributed by atoms with Crippen LogP contribution >= 0.6 is 23.2 Å². The van der Waals surface area contributed by atoms with Gasteiger partial charge in [-0.05, 0) is 42.3 Å². The van der Waals surface area contributed by atoms with Crippen LogP contribution in [0.15, 0.2) is 42.6 Å². The van der Waals surface area contributed by atoms with Gasteiger partial charge in [0.05, 0.1) is 0 Å². The maximum Gasteiger partial charge on any atom is 0.328 e. The number of nitrogens with zero attached hydrogens (tertiary/aromatic N) is 1. The SMILES string of the molecule is C[C@H](CNCc1ccc(Cl)cc1)[NH2+]c1ncc(/C=C/C(=O)O)cc1Cl. The highest BCUT2D eigenvalue weighted by molar-refractivity contribution is 6.32.